The fraction of sp³-hybridized carbons (Fsp3) is 0.615. The first-order valence-electron chi connectivity index (χ1n) is 6.48. The minimum Gasteiger partial charge on any atom is -0.306 e. The van der Waals surface area contributed by atoms with E-state index in [1.54, 1.807) is 13.0 Å². The molecule has 1 saturated carbocycles. The molecular weight excluding hydrogens is 289 g/mol. The maximum Gasteiger partial charge on any atom is 0.411 e. The first-order valence-corrected chi connectivity index (χ1v) is 7.30. The molecule has 3 nitrogen and oxygen atoms in total. The van der Waals surface area contributed by atoms with E-state index in [1.807, 2.05) is 13.0 Å². The topological polar surface area (TPSA) is 32.3 Å². The van der Waals surface area contributed by atoms with Crippen molar-refractivity contribution in [3.8, 4) is 0 Å². The van der Waals surface area contributed by atoms with E-state index in [1.165, 1.54) is 11.3 Å². The monoisotopic (exact) mass is 304 g/mol. The van der Waals surface area contributed by atoms with Crippen molar-refractivity contribution in [1.82, 2.24) is 10.2 Å². The second-order valence-electron chi connectivity index (χ2n) is 5.48. The zero-order valence-corrected chi connectivity index (χ0v) is 11.9. The summed E-state index contributed by atoms with van der Waals surface area (Å²) in [7, 11) is 0. The second kappa shape index (κ2) is 4.21. The molecule has 1 amide bonds. The highest BCUT2D eigenvalue weighted by molar-refractivity contribution is 7.12. The number of amides is 1. The van der Waals surface area contributed by atoms with Crippen molar-refractivity contribution in [2.75, 3.05) is 0 Å². The van der Waals surface area contributed by atoms with E-state index < -0.39 is 29.8 Å². The van der Waals surface area contributed by atoms with Crippen LogP contribution < -0.4 is 5.32 Å². The molecule has 7 heteroatoms. The largest absolute Gasteiger partial charge is 0.411 e. The number of nitrogens with one attached hydrogen (secondary N) is 1. The van der Waals surface area contributed by atoms with Gasteiger partial charge in [0.2, 0.25) is 5.91 Å². The minimum atomic E-state index is -4.38. The van der Waals surface area contributed by atoms with Gasteiger partial charge in [-0.2, -0.15) is 13.2 Å². The van der Waals surface area contributed by atoms with Crippen molar-refractivity contribution in [1.29, 1.82) is 0 Å². The molecule has 2 unspecified atom stereocenters. The van der Waals surface area contributed by atoms with Crippen molar-refractivity contribution in [3.63, 3.8) is 0 Å². The van der Waals surface area contributed by atoms with Gasteiger partial charge in [0.25, 0.3) is 0 Å². The molecule has 2 heterocycles. The Balaban J connectivity index is 2.00. The molecule has 20 heavy (non-hydrogen) atoms. The molecule has 0 aromatic carbocycles. The van der Waals surface area contributed by atoms with Crippen LogP contribution in [-0.2, 0) is 4.79 Å². The number of rotatable bonds is 2. The first-order chi connectivity index (χ1) is 9.26. The van der Waals surface area contributed by atoms with E-state index in [0.717, 1.165) is 14.7 Å². The number of aryl methyl sites for hydroxylation is 1. The summed E-state index contributed by atoms with van der Waals surface area (Å²) in [4.78, 5) is 15.0. The summed E-state index contributed by atoms with van der Waals surface area (Å²) >= 11 is 1.42. The molecule has 110 valence electrons. The third-order valence-electron chi connectivity index (χ3n) is 4.02. The Hall–Kier alpha value is -1.08. The van der Waals surface area contributed by atoms with Crippen LogP contribution in [0.1, 0.15) is 35.7 Å². The average Bonchev–Trinajstić information content (AvgIpc) is 2.96. The van der Waals surface area contributed by atoms with E-state index >= 15 is 0 Å². The summed E-state index contributed by atoms with van der Waals surface area (Å²) in [5.74, 6) is -0.462. The SMILES string of the molecule is Cc1ccc(C2NC(C)C(=O)N2C2(C(F)(F)F)CC2)s1. The van der Waals surface area contributed by atoms with Gasteiger partial charge in [0, 0.05) is 9.75 Å². The van der Waals surface area contributed by atoms with E-state index in [9.17, 15) is 18.0 Å². The number of nitrogens with zero attached hydrogens (tertiary/aromatic N) is 1. The van der Waals surface area contributed by atoms with Crippen LogP contribution in [0.2, 0.25) is 0 Å². The summed E-state index contributed by atoms with van der Waals surface area (Å²) in [5, 5.41) is 2.99. The summed E-state index contributed by atoms with van der Waals surface area (Å²) in [5.41, 5.74) is -1.97. The molecule has 1 aliphatic carbocycles. The standard InChI is InChI=1S/C13H15F3N2OS/c1-7-3-4-9(20-7)10-17-8(2)11(19)18(10)12(5-6-12)13(14,15)16/h3-4,8,10,17H,5-6H2,1-2H3. The van der Waals surface area contributed by atoms with Crippen molar-refractivity contribution in [2.24, 2.45) is 0 Å². The number of alkyl halides is 3. The lowest BCUT2D eigenvalue weighted by Gasteiger charge is -2.34. The fourth-order valence-electron chi connectivity index (χ4n) is 2.77. The summed E-state index contributed by atoms with van der Waals surface area (Å²) < 4.78 is 40.0. The quantitative estimate of drug-likeness (QED) is 0.911. The van der Waals surface area contributed by atoms with Gasteiger partial charge < -0.3 is 4.90 Å². The molecule has 0 spiro atoms. The van der Waals surface area contributed by atoms with E-state index in [-0.39, 0.29) is 12.8 Å². The predicted octanol–water partition coefficient (Wildman–Crippen LogP) is 2.97. The maximum atomic E-state index is 13.3. The average molecular weight is 304 g/mol. The predicted molar refractivity (Wildman–Crippen MR) is 69.3 cm³/mol. The van der Waals surface area contributed by atoms with Crippen LogP contribution in [0.3, 0.4) is 0 Å². The van der Waals surface area contributed by atoms with Gasteiger partial charge in [-0.15, -0.1) is 11.3 Å². The van der Waals surface area contributed by atoms with Gasteiger partial charge in [-0.25, -0.2) is 0 Å². The highest BCUT2D eigenvalue weighted by Gasteiger charge is 2.70. The Morgan fingerprint density at radius 2 is 2.05 bits per heavy atom. The maximum absolute atomic E-state index is 13.3. The number of thiophene rings is 1. The zero-order valence-electron chi connectivity index (χ0n) is 11.1. The lowest BCUT2D eigenvalue weighted by molar-refractivity contribution is -0.202. The molecule has 1 aromatic heterocycles. The van der Waals surface area contributed by atoms with Gasteiger partial charge >= 0.3 is 6.18 Å². The number of halogens is 3. The van der Waals surface area contributed by atoms with E-state index in [0.29, 0.717) is 0 Å². The van der Waals surface area contributed by atoms with Gasteiger partial charge in [-0.3, -0.25) is 10.1 Å². The van der Waals surface area contributed by atoms with Crippen LogP contribution in [-0.4, -0.2) is 28.6 Å². The number of carbonyl (C=O) groups is 1. The van der Waals surface area contributed by atoms with Gasteiger partial charge in [0.05, 0.1) is 6.04 Å². The molecule has 0 radical (unpaired) electrons. The Morgan fingerprint density at radius 1 is 1.40 bits per heavy atom. The van der Waals surface area contributed by atoms with Crippen molar-refractivity contribution < 1.29 is 18.0 Å². The van der Waals surface area contributed by atoms with E-state index in [2.05, 4.69) is 5.32 Å². The highest BCUT2D eigenvalue weighted by Crippen LogP contribution is 2.57. The molecular formula is C13H15F3N2OS. The molecule has 1 aromatic rings. The van der Waals surface area contributed by atoms with Crippen LogP contribution in [0.15, 0.2) is 12.1 Å². The molecule has 1 N–H and O–H groups in total. The fourth-order valence-corrected chi connectivity index (χ4v) is 3.69. The number of hydrogen-bond donors (Lipinski definition) is 1. The van der Waals surface area contributed by atoms with Crippen LogP contribution in [0, 0.1) is 6.92 Å². The zero-order chi connectivity index (χ0) is 14.7. The highest BCUT2D eigenvalue weighted by atomic mass is 32.1. The van der Waals surface area contributed by atoms with Crippen LogP contribution in [0.5, 0.6) is 0 Å². The van der Waals surface area contributed by atoms with Crippen molar-refractivity contribution in [3.05, 3.63) is 21.9 Å². The molecule has 1 aliphatic heterocycles. The lowest BCUT2D eigenvalue weighted by atomic mass is 10.2. The molecule has 3 rings (SSSR count). The number of hydrogen-bond acceptors (Lipinski definition) is 3. The van der Waals surface area contributed by atoms with Gasteiger partial charge in [0.15, 0.2) is 0 Å². The Labute approximate surface area is 118 Å². The summed E-state index contributed by atoms with van der Waals surface area (Å²) in [6, 6.07) is 3.07. The van der Waals surface area contributed by atoms with Gasteiger partial charge in [-0.05, 0) is 38.8 Å². The van der Waals surface area contributed by atoms with Gasteiger partial charge in [-0.1, -0.05) is 0 Å². The van der Waals surface area contributed by atoms with Crippen molar-refractivity contribution in [2.45, 2.75) is 50.6 Å². The molecule has 2 fully saturated rings. The number of carbonyl (C=O) groups excluding carboxylic acids is 1. The molecule has 0 bridgehead atoms. The Bertz CT molecular complexity index is 550. The third-order valence-corrected chi connectivity index (χ3v) is 5.07. The van der Waals surface area contributed by atoms with Crippen molar-refractivity contribution >= 4 is 17.2 Å². The Morgan fingerprint density at radius 3 is 2.50 bits per heavy atom. The summed E-state index contributed by atoms with van der Waals surface area (Å²) in [6.07, 6.45) is -5.05. The first kappa shape index (κ1) is 13.9. The minimum absolute atomic E-state index is 0.00248. The normalized spacial score (nSPS) is 29.1. The van der Waals surface area contributed by atoms with Crippen LogP contribution in [0.4, 0.5) is 13.2 Å². The van der Waals surface area contributed by atoms with Crippen LogP contribution in [0.25, 0.3) is 0 Å². The molecule has 2 atom stereocenters. The molecule has 2 aliphatic rings. The Kier molecular flexibility index (Phi) is 2.92. The smallest absolute Gasteiger partial charge is 0.306 e. The van der Waals surface area contributed by atoms with Gasteiger partial charge in [0.1, 0.15) is 11.7 Å². The summed E-state index contributed by atoms with van der Waals surface area (Å²) in [6.45, 7) is 3.51. The third kappa shape index (κ3) is 1.87. The van der Waals surface area contributed by atoms with Crippen LogP contribution >= 0.6 is 11.3 Å². The van der Waals surface area contributed by atoms with E-state index in [4.69, 9.17) is 0 Å². The lowest BCUT2D eigenvalue weighted by Crippen LogP contribution is -2.50. The molecule has 1 saturated heterocycles. The second-order valence-corrected chi connectivity index (χ2v) is 6.80.